The standard InChI is InChI=1S/C7H12O4S/c8-6(9)3-1-2-4-12-5-7(10)11/h1-5H2,(H,8,9)(H,10,11). The van der Waals surface area contributed by atoms with Crippen LogP contribution in [0.15, 0.2) is 0 Å². The lowest BCUT2D eigenvalue weighted by Gasteiger charge is -1.96. The summed E-state index contributed by atoms with van der Waals surface area (Å²) in [6, 6.07) is 0. The quantitative estimate of drug-likeness (QED) is 0.590. The van der Waals surface area contributed by atoms with E-state index in [9.17, 15) is 9.59 Å². The van der Waals surface area contributed by atoms with E-state index in [1.54, 1.807) is 0 Å². The second-order valence-electron chi connectivity index (χ2n) is 2.30. The number of rotatable bonds is 7. The number of aliphatic carboxylic acids is 2. The molecule has 0 aromatic carbocycles. The van der Waals surface area contributed by atoms with Crippen LogP contribution in [-0.4, -0.2) is 33.7 Å². The minimum Gasteiger partial charge on any atom is -0.481 e. The van der Waals surface area contributed by atoms with Crippen LogP contribution in [0.25, 0.3) is 0 Å². The summed E-state index contributed by atoms with van der Waals surface area (Å²) in [7, 11) is 0. The smallest absolute Gasteiger partial charge is 0.313 e. The highest BCUT2D eigenvalue weighted by Crippen LogP contribution is 2.05. The van der Waals surface area contributed by atoms with E-state index in [0.717, 1.165) is 12.2 Å². The summed E-state index contributed by atoms with van der Waals surface area (Å²) in [6.07, 6.45) is 1.57. The van der Waals surface area contributed by atoms with Gasteiger partial charge in [-0.3, -0.25) is 9.59 Å². The van der Waals surface area contributed by atoms with Crippen molar-refractivity contribution in [1.82, 2.24) is 0 Å². The molecule has 0 heterocycles. The van der Waals surface area contributed by atoms with E-state index >= 15 is 0 Å². The molecule has 0 amide bonds. The summed E-state index contributed by atoms with van der Waals surface area (Å²) in [5.74, 6) is -0.788. The molecule has 2 N–H and O–H groups in total. The van der Waals surface area contributed by atoms with Crippen molar-refractivity contribution in [2.75, 3.05) is 11.5 Å². The zero-order valence-electron chi connectivity index (χ0n) is 6.65. The normalized spacial score (nSPS) is 9.67. The zero-order valence-corrected chi connectivity index (χ0v) is 7.47. The van der Waals surface area contributed by atoms with Gasteiger partial charge < -0.3 is 10.2 Å². The lowest BCUT2D eigenvalue weighted by Crippen LogP contribution is -1.99. The fourth-order valence-corrected chi connectivity index (χ4v) is 1.37. The SMILES string of the molecule is O=C(O)CCCCSCC(=O)O. The first-order chi connectivity index (χ1) is 5.63. The van der Waals surface area contributed by atoms with Crippen molar-refractivity contribution in [3.05, 3.63) is 0 Å². The number of carboxylic acid groups (broad SMARTS) is 2. The van der Waals surface area contributed by atoms with E-state index in [0.29, 0.717) is 6.42 Å². The summed E-state index contributed by atoms with van der Waals surface area (Å²) in [5, 5.41) is 16.5. The third-order valence-electron chi connectivity index (χ3n) is 1.15. The summed E-state index contributed by atoms with van der Waals surface area (Å²) >= 11 is 1.32. The van der Waals surface area contributed by atoms with Crippen LogP contribution in [0.1, 0.15) is 19.3 Å². The van der Waals surface area contributed by atoms with Crippen LogP contribution in [0.5, 0.6) is 0 Å². The molecule has 0 unspecified atom stereocenters. The summed E-state index contributed by atoms with van der Waals surface area (Å²) in [6.45, 7) is 0. The van der Waals surface area contributed by atoms with E-state index in [1.165, 1.54) is 11.8 Å². The first kappa shape index (κ1) is 11.3. The highest BCUT2D eigenvalue weighted by Gasteiger charge is 1.98. The minimum atomic E-state index is -0.821. The summed E-state index contributed by atoms with van der Waals surface area (Å²) < 4.78 is 0. The van der Waals surface area contributed by atoms with Gasteiger partial charge in [-0.15, -0.1) is 0 Å². The Morgan fingerprint density at radius 1 is 1.08 bits per heavy atom. The van der Waals surface area contributed by atoms with Gasteiger partial charge in [0.15, 0.2) is 0 Å². The molecule has 0 aliphatic heterocycles. The molecular weight excluding hydrogens is 180 g/mol. The van der Waals surface area contributed by atoms with Crippen LogP contribution in [0, 0.1) is 0 Å². The van der Waals surface area contributed by atoms with Gasteiger partial charge in [-0.25, -0.2) is 0 Å². The molecule has 70 valence electrons. The molecule has 0 aliphatic carbocycles. The number of hydrogen-bond donors (Lipinski definition) is 2. The fourth-order valence-electron chi connectivity index (χ4n) is 0.640. The molecule has 0 saturated heterocycles. The first-order valence-corrected chi connectivity index (χ1v) is 4.79. The van der Waals surface area contributed by atoms with Gasteiger partial charge in [0.05, 0.1) is 5.75 Å². The monoisotopic (exact) mass is 192 g/mol. The molecular formula is C7H12O4S. The number of unbranched alkanes of at least 4 members (excludes halogenated alkanes) is 1. The molecule has 0 aromatic rings. The molecule has 0 radical (unpaired) electrons. The molecule has 0 spiro atoms. The third-order valence-corrected chi connectivity index (χ3v) is 2.18. The van der Waals surface area contributed by atoms with E-state index in [1.807, 2.05) is 0 Å². The van der Waals surface area contributed by atoms with E-state index < -0.39 is 11.9 Å². The molecule has 0 fully saturated rings. The molecule has 12 heavy (non-hydrogen) atoms. The Balaban J connectivity index is 3.01. The molecule has 0 aliphatic rings. The van der Waals surface area contributed by atoms with Gasteiger partial charge in [-0.1, -0.05) is 0 Å². The molecule has 0 aromatic heterocycles. The van der Waals surface area contributed by atoms with Gasteiger partial charge in [0.25, 0.3) is 0 Å². The number of hydrogen-bond acceptors (Lipinski definition) is 3. The highest BCUT2D eigenvalue weighted by molar-refractivity contribution is 7.99. The van der Waals surface area contributed by atoms with Gasteiger partial charge in [-0.05, 0) is 18.6 Å². The van der Waals surface area contributed by atoms with Crippen molar-refractivity contribution in [2.24, 2.45) is 0 Å². The summed E-state index contributed by atoms with van der Waals surface area (Å²) in [5.41, 5.74) is 0. The van der Waals surface area contributed by atoms with Crippen molar-refractivity contribution in [3.63, 3.8) is 0 Å². The van der Waals surface area contributed by atoms with Gasteiger partial charge in [0.2, 0.25) is 0 Å². The van der Waals surface area contributed by atoms with Gasteiger partial charge in [0.1, 0.15) is 0 Å². The molecule has 4 nitrogen and oxygen atoms in total. The maximum atomic E-state index is 10.0. The van der Waals surface area contributed by atoms with Gasteiger partial charge >= 0.3 is 11.9 Å². The fraction of sp³-hybridized carbons (Fsp3) is 0.714. The molecule has 0 rings (SSSR count). The van der Waals surface area contributed by atoms with Crippen LogP contribution < -0.4 is 0 Å². The second-order valence-corrected chi connectivity index (χ2v) is 3.40. The average Bonchev–Trinajstić information content (AvgIpc) is 1.95. The Morgan fingerprint density at radius 2 is 1.75 bits per heavy atom. The Bertz CT molecular complexity index is 139. The molecule has 0 saturated carbocycles. The Morgan fingerprint density at radius 3 is 2.25 bits per heavy atom. The van der Waals surface area contributed by atoms with E-state index in [2.05, 4.69) is 0 Å². The van der Waals surface area contributed by atoms with Crippen LogP contribution in [0.4, 0.5) is 0 Å². The van der Waals surface area contributed by atoms with Crippen molar-refractivity contribution < 1.29 is 19.8 Å². The number of carbonyl (C=O) groups is 2. The largest absolute Gasteiger partial charge is 0.481 e. The Hall–Kier alpha value is -0.710. The first-order valence-electron chi connectivity index (χ1n) is 3.64. The number of carboxylic acids is 2. The average molecular weight is 192 g/mol. The van der Waals surface area contributed by atoms with Crippen LogP contribution in [-0.2, 0) is 9.59 Å². The highest BCUT2D eigenvalue weighted by atomic mass is 32.2. The minimum absolute atomic E-state index is 0.104. The lowest BCUT2D eigenvalue weighted by atomic mass is 10.3. The van der Waals surface area contributed by atoms with E-state index in [-0.39, 0.29) is 12.2 Å². The molecule has 0 bridgehead atoms. The van der Waals surface area contributed by atoms with Crippen molar-refractivity contribution in [2.45, 2.75) is 19.3 Å². The Labute approximate surface area is 75.0 Å². The lowest BCUT2D eigenvalue weighted by molar-refractivity contribution is -0.137. The summed E-state index contributed by atoms with van der Waals surface area (Å²) in [4.78, 5) is 20.1. The van der Waals surface area contributed by atoms with Gasteiger partial charge in [0, 0.05) is 6.42 Å². The predicted octanol–water partition coefficient (Wildman–Crippen LogP) is 1.06. The topological polar surface area (TPSA) is 74.6 Å². The third kappa shape index (κ3) is 9.29. The van der Waals surface area contributed by atoms with Crippen molar-refractivity contribution in [3.8, 4) is 0 Å². The number of thioether (sulfide) groups is 1. The van der Waals surface area contributed by atoms with Crippen LogP contribution in [0.3, 0.4) is 0 Å². The molecule has 0 atom stereocenters. The van der Waals surface area contributed by atoms with Gasteiger partial charge in [-0.2, -0.15) is 11.8 Å². The Kier molecular flexibility index (Phi) is 6.55. The predicted molar refractivity (Wildman–Crippen MR) is 46.4 cm³/mol. The zero-order chi connectivity index (χ0) is 9.40. The van der Waals surface area contributed by atoms with Crippen LogP contribution in [0.2, 0.25) is 0 Å². The van der Waals surface area contributed by atoms with Crippen LogP contribution >= 0.6 is 11.8 Å². The van der Waals surface area contributed by atoms with Crippen molar-refractivity contribution in [1.29, 1.82) is 0 Å². The molecule has 5 heteroatoms. The van der Waals surface area contributed by atoms with Crippen molar-refractivity contribution >= 4 is 23.7 Å². The maximum Gasteiger partial charge on any atom is 0.313 e. The second kappa shape index (κ2) is 6.97. The van der Waals surface area contributed by atoms with E-state index in [4.69, 9.17) is 10.2 Å². The maximum absolute atomic E-state index is 10.0.